The quantitative estimate of drug-likeness (QED) is 0.892. The van der Waals surface area contributed by atoms with E-state index in [1.807, 2.05) is 18.2 Å². The summed E-state index contributed by atoms with van der Waals surface area (Å²) in [6.45, 7) is 0.632. The number of nitrogens with two attached hydrogens (primary N) is 1. The van der Waals surface area contributed by atoms with Crippen LogP contribution in [0.2, 0.25) is 0 Å². The normalized spacial score (nSPS) is 10.8. The molecule has 0 aliphatic rings. The Bertz CT molecular complexity index is 607. The van der Waals surface area contributed by atoms with Crippen molar-refractivity contribution < 1.29 is 0 Å². The maximum atomic E-state index is 11.3. The lowest BCUT2D eigenvalue weighted by Gasteiger charge is -2.05. The van der Waals surface area contributed by atoms with Crippen LogP contribution < -0.4 is 11.4 Å². The SMILES string of the molecule is Cn1c(Sc2ccc(CCN)cc2Br)n[nH]c1=O. The predicted molar refractivity (Wildman–Crippen MR) is 74.9 cm³/mol. The van der Waals surface area contributed by atoms with Crippen molar-refractivity contribution in [3.05, 3.63) is 38.7 Å². The lowest BCUT2D eigenvalue weighted by atomic mass is 10.2. The van der Waals surface area contributed by atoms with Crippen LogP contribution in [0.25, 0.3) is 0 Å². The van der Waals surface area contributed by atoms with E-state index in [9.17, 15) is 4.79 Å². The molecule has 18 heavy (non-hydrogen) atoms. The summed E-state index contributed by atoms with van der Waals surface area (Å²) in [4.78, 5) is 12.3. The molecule has 1 aromatic carbocycles. The van der Waals surface area contributed by atoms with Crippen molar-refractivity contribution in [3.63, 3.8) is 0 Å². The molecule has 2 aromatic rings. The lowest BCUT2D eigenvalue weighted by molar-refractivity contribution is 0.766. The van der Waals surface area contributed by atoms with Gasteiger partial charge in [-0.15, -0.1) is 5.10 Å². The fourth-order valence-electron chi connectivity index (χ4n) is 1.47. The van der Waals surface area contributed by atoms with Crippen molar-refractivity contribution in [1.82, 2.24) is 14.8 Å². The third kappa shape index (κ3) is 2.85. The Kier molecular flexibility index (Phi) is 4.26. The third-order valence-corrected chi connectivity index (χ3v) is 4.51. The monoisotopic (exact) mass is 328 g/mol. The molecule has 2 rings (SSSR count). The molecule has 96 valence electrons. The Morgan fingerprint density at radius 3 is 2.89 bits per heavy atom. The first-order valence-electron chi connectivity index (χ1n) is 5.39. The molecule has 0 spiro atoms. The van der Waals surface area contributed by atoms with Gasteiger partial charge in [0.2, 0.25) is 0 Å². The first kappa shape index (κ1) is 13.4. The molecule has 0 aliphatic heterocycles. The van der Waals surface area contributed by atoms with Crippen LogP contribution >= 0.6 is 27.7 Å². The minimum Gasteiger partial charge on any atom is -0.330 e. The zero-order valence-electron chi connectivity index (χ0n) is 9.81. The first-order chi connectivity index (χ1) is 8.61. The van der Waals surface area contributed by atoms with Gasteiger partial charge in [-0.25, -0.2) is 9.89 Å². The van der Waals surface area contributed by atoms with Crippen molar-refractivity contribution in [2.75, 3.05) is 6.54 Å². The summed E-state index contributed by atoms with van der Waals surface area (Å²) in [5.74, 6) is 0. The fraction of sp³-hybridized carbons (Fsp3) is 0.273. The molecule has 0 bridgehead atoms. The van der Waals surface area contributed by atoms with E-state index < -0.39 is 0 Å². The standard InChI is InChI=1S/C11H13BrN4OS/c1-16-10(17)14-15-11(16)18-9-3-2-7(4-5-13)6-8(9)12/h2-3,6H,4-5,13H2,1H3,(H,14,17). The molecular weight excluding hydrogens is 316 g/mol. The number of benzene rings is 1. The minimum absolute atomic E-state index is 0.214. The van der Waals surface area contributed by atoms with Crippen LogP contribution in [0.1, 0.15) is 5.56 Å². The van der Waals surface area contributed by atoms with Crippen molar-refractivity contribution in [3.8, 4) is 0 Å². The van der Waals surface area contributed by atoms with E-state index in [0.717, 1.165) is 15.8 Å². The maximum Gasteiger partial charge on any atom is 0.343 e. The number of H-pyrrole nitrogens is 1. The van der Waals surface area contributed by atoms with Crippen molar-refractivity contribution >= 4 is 27.7 Å². The molecule has 0 atom stereocenters. The summed E-state index contributed by atoms with van der Waals surface area (Å²) in [5, 5.41) is 7.00. The van der Waals surface area contributed by atoms with Gasteiger partial charge in [0.15, 0.2) is 5.16 Å². The maximum absolute atomic E-state index is 11.3. The number of rotatable bonds is 4. The molecule has 0 saturated carbocycles. The van der Waals surface area contributed by atoms with Gasteiger partial charge in [-0.05, 0) is 58.4 Å². The topological polar surface area (TPSA) is 76.7 Å². The molecule has 1 aromatic heterocycles. The van der Waals surface area contributed by atoms with E-state index >= 15 is 0 Å². The van der Waals surface area contributed by atoms with Gasteiger partial charge in [-0.2, -0.15) is 0 Å². The highest BCUT2D eigenvalue weighted by Gasteiger charge is 2.09. The van der Waals surface area contributed by atoms with Gasteiger partial charge in [0.05, 0.1) is 0 Å². The highest BCUT2D eigenvalue weighted by Crippen LogP contribution is 2.32. The van der Waals surface area contributed by atoms with Crippen LogP contribution in [0.5, 0.6) is 0 Å². The number of nitrogens with one attached hydrogen (secondary N) is 1. The molecule has 0 fully saturated rings. The highest BCUT2D eigenvalue weighted by atomic mass is 79.9. The van der Waals surface area contributed by atoms with Crippen molar-refractivity contribution in [2.24, 2.45) is 12.8 Å². The molecule has 0 amide bonds. The van der Waals surface area contributed by atoms with E-state index in [2.05, 4.69) is 26.1 Å². The zero-order chi connectivity index (χ0) is 13.1. The van der Waals surface area contributed by atoms with Crippen LogP contribution in [0.4, 0.5) is 0 Å². The second-order valence-corrected chi connectivity index (χ2v) is 5.64. The molecule has 7 heteroatoms. The Morgan fingerprint density at radius 1 is 1.56 bits per heavy atom. The Morgan fingerprint density at radius 2 is 2.33 bits per heavy atom. The lowest BCUT2D eigenvalue weighted by Crippen LogP contribution is -2.12. The summed E-state index contributed by atoms with van der Waals surface area (Å²) in [6, 6.07) is 6.07. The van der Waals surface area contributed by atoms with E-state index in [1.54, 1.807) is 7.05 Å². The van der Waals surface area contributed by atoms with Crippen molar-refractivity contribution in [1.29, 1.82) is 0 Å². The van der Waals surface area contributed by atoms with Crippen LogP contribution in [0.15, 0.2) is 37.5 Å². The van der Waals surface area contributed by atoms with Gasteiger partial charge in [0.1, 0.15) is 0 Å². The summed E-state index contributed by atoms with van der Waals surface area (Å²) in [5.41, 5.74) is 6.49. The number of hydrogen-bond donors (Lipinski definition) is 2. The molecule has 0 saturated heterocycles. The first-order valence-corrected chi connectivity index (χ1v) is 7.00. The number of halogens is 1. The number of aromatic nitrogens is 3. The van der Waals surface area contributed by atoms with E-state index in [-0.39, 0.29) is 5.69 Å². The van der Waals surface area contributed by atoms with E-state index in [0.29, 0.717) is 11.7 Å². The smallest absolute Gasteiger partial charge is 0.330 e. The average Bonchev–Trinajstić information content (AvgIpc) is 2.65. The molecule has 5 nitrogen and oxygen atoms in total. The van der Waals surface area contributed by atoms with E-state index in [1.165, 1.54) is 21.9 Å². The third-order valence-electron chi connectivity index (χ3n) is 2.47. The van der Waals surface area contributed by atoms with Gasteiger partial charge in [-0.1, -0.05) is 6.07 Å². The van der Waals surface area contributed by atoms with Crippen LogP contribution in [0.3, 0.4) is 0 Å². The summed E-state index contributed by atoms with van der Waals surface area (Å²) < 4.78 is 2.46. The summed E-state index contributed by atoms with van der Waals surface area (Å²) >= 11 is 4.95. The van der Waals surface area contributed by atoms with Crippen molar-refractivity contribution in [2.45, 2.75) is 16.5 Å². The van der Waals surface area contributed by atoms with E-state index in [4.69, 9.17) is 5.73 Å². The largest absolute Gasteiger partial charge is 0.343 e. The Labute approximate surface area is 117 Å². The summed E-state index contributed by atoms with van der Waals surface area (Å²) in [7, 11) is 1.69. The summed E-state index contributed by atoms with van der Waals surface area (Å²) in [6.07, 6.45) is 0.852. The molecule has 1 heterocycles. The molecule has 3 N–H and O–H groups in total. The predicted octanol–water partition coefficient (Wildman–Crippen LogP) is 1.52. The fourth-order valence-corrected chi connectivity index (χ4v) is 2.94. The second-order valence-electron chi connectivity index (χ2n) is 3.78. The minimum atomic E-state index is -0.214. The van der Waals surface area contributed by atoms with Gasteiger partial charge in [0.25, 0.3) is 0 Å². The molecule has 0 unspecified atom stereocenters. The second kappa shape index (κ2) is 5.73. The molecular formula is C11H13BrN4OS. The van der Waals surface area contributed by atoms with Crippen LogP contribution in [-0.2, 0) is 13.5 Å². The number of aromatic amines is 1. The molecule has 0 radical (unpaired) electrons. The van der Waals surface area contributed by atoms with Gasteiger partial charge in [-0.3, -0.25) is 4.57 Å². The Balaban J connectivity index is 2.24. The van der Waals surface area contributed by atoms with Gasteiger partial charge in [0, 0.05) is 16.4 Å². The average molecular weight is 329 g/mol. The zero-order valence-corrected chi connectivity index (χ0v) is 12.2. The highest BCUT2D eigenvalue weighted by molar-refractivity contribution is 9.10. The molecule has 0 aliphatic carbocycles. The van der Waals surface area contributed by atoms with Crippen LogP contribution in [0, 0.1) is 0 Å². The van der Waals surface area contributed by atoms with Crippen LogP contribution in [-0.4, -0.2) is 21.3 Å². The Hall–Kier alpha value is -1.05. The number of nitrogens with zero attached hydrogens (tertiary/aromatic N) is 2. The number of hydrogen-bond acceptors (Lipinski definition) is 4. The van der Waals surface area contributed by atoms with Gasteiger partial charge >= 0.3 is 5.69 Å². The van der Waals surface area contributed by atoms with Gasteiger partial charge < -0.3 is 5.73 Å².